The van der Waals surface area contributed by atoms with Crippen LogP contribution in [0, 0.1) is 0 Å². The second-order valence-corrected chi connectivity index (χ2v) is 5.05. The minimum Gasteiger partial charge on any atom is -0.450 e. The van der Waals surface area contributed by atoms with Crippen molar-refractivity contribution < 1.29 is 32.2 Å². The number of methoxy groups -OCH3 is 2. The van der Waals surface area contributed by atoms with Gasteiger partial charge < -0.3 is 19.1 Å². The summed E-state index contributed by atoms with van der Waals surface area (Å²) in [6.45, 7) is 3.28. The summed E-state index contributed by atoms with van der Waals surface area (Å²) >= 11 is 0. The highest BCUT2D eigenvalue weighted by Crippen LogP contribution is 2.35. The maximum atomic E-state index is 13.0. The maximum Gasteiger partial charge on any atom is 0.416 e. The topological polar surface area (TPSA) is 60.0 Å². The largest absolute Gasteiger partial charge is 0.450 e. The summed E-state index contributed by atoms with van der Waals surface area (Å²) in [5, 5.41) is 2.37. The van der Waals surface area contributed by atoms with E-state index in [1.807, 2.05) is 0 Å². The number of benzene rings is 1. The summed E-state index contributed by atoms with van der Waals surface area (Å²) in [5.41, 5.74) is -0.419. The van der Waals surface area contributed by atoms with Gasteiger partial charge in [0.15, 0.2) is 0 Å². The molecule has 1 N–H and O–H groups in total. The highest BCUT2D eigenvalue weighted by molar-refractivity contribution is 5.90. The van der Waals surface area contributed by atoms with Crippen LogP contribution in [-0.2, 0) is 20.4 Å². The number of halogens is 3. The van der Waals surface area contributed by atoms with Gasteiger partial charge in [0.1, 0.15) is 0 Å². The zero-order valence-electron chi connectivity index (χ0n) is 14.5. The van der Waals surface area contributed by atoms with Crippen molar-refractivity contribution in [3.8, 4) is 0 Å². The lowest BCUT2D eigenvalue weighted by Gasteiger charge is -2.27. The Labute approximate surface area is 144 Å². The lowest BCUT2D eigenvalue weighted by molar-refractivity contribution is -0.137. The number of carbonyl (C=O) groups excluding carboxylic acids is 1. The first-order valence-corrected chi connectivity index (χ1v) is 7.71. The fourth-order valence-electron chi connectivity index (χ4n) is 2.12. The van der Waals surface area contributed by atoms with Crippen molar-refractivity contribution in [3.05, 3.63) is 23.8 Å². The number of rotatable bonds is 9. The van der Waals surface area contributed by atoms with Crippen LogP contribution >= 0.6 is 0 Å². The summed E-state index contributed by atoms with van der Waals surface area (Å²) in [6, 6.07) is 3.17. The number of hydrogen-bond acceptors (Lipinski definition) is 5. The highest BCUT2D eigenvalue weighted by Gasteiger charge is 2.31. The Hall–Kier alpha value is -2.00. The second kappa shape index (κ2) is 10.1. The molecule has 0 atom stereocenters. The summed E-state index contributed by atoms with van der Waals surface area (Å²) in [4.78, 5) is 13.5. The number of ether oxygens (including phenoxy) is 3. The number of carbonyl (C=O) groups is 1. The third kappa shape index (κ3) is 6.79. The van der Waals surface area contributed by atoms with Crippen LogP contribution in [0.2, 0.25) is 0 Å². The van der Waals surface area contributed by atoms with Crippen molar-refractivity contribution in [1.82, 2.24) is 0 Å². The summed E-state index contributed by atoms with van der Waals surface area (Å²) in [7, 11) is 3.05. The van der Waals surface area contributed by atoms with Crippen molar-refractivity contribution in [1.29, 1.82) is 0 Å². The molecule has 6 nitrogen and oxygen atoms in total. The third-order valence-corrected chi connectivity index (χ3v) is 3.31. The van der Waals surface area contributed by atoms with E-state index in [9.17, 15) is 18.0 Å². The minimum absolute atomic E-state index is 0.0143. The lowest BCUT2D eigenvalue weighted by Crippen LogP contribution is -2.32. The standard InChI is InChI=1S/C16H23F3N2O4/c1-4-25-15(22)20-13-11-12(16(17,18)19)5-6-14(13)21(7-9-23-2)8-10-24-3/h5-6,11H,4,7-10H2,1-3H3,(H,20,22). The SMILES string of the molecule is CCOC(=O)Nc1cc(C(F)(F)F)ccc1N(CCOC)CCOC. The van der Waals surface area contributed by atoms with Gasteiger partial charge in [-0.15, -0.1) is 0 Å². The Morgan fingerprint density at radius 2 is 1.76 bits per heavy atom. The van der Waals surface area contributed by atoms with Gasteiger partial charge in [0.05, 0.1) is 36.8 Å². The van der Waals surface area contributed by atoms with E-state index < -0.39 is 17.8 Å². The van der Waals surface area contributed by atoms with E-state index in [0.29, 0.717) is 32.0 Å². The molecule has 0 radical (unpaired) electrons. The number of alkyl halides is 3. The molecule has 1 aromatic carbocycles. The Morgan fingerprint density at radius 1 is 1.16 bits per heavy atom. The van der Waals surface area contributed by atoms with Crippen LogP contribution in [0.25, 0.3) is 0 Å². The van der Waals surface area contributed by atoms with E-state index in [4.69, 9.17) is 14.2 Å². The first kappa shape index (κ1) is 21.0. The van der Waals surface area contributed by atoms with Gasteiger partial charge >= 0.3 is 12.3 Å². The van der Waals surface area contributed by atoms with Crippen LogP contribution in [0.3, 0.4) is 0 Å². The molecule has 0 fully saturated rings. The molecule has 25 heavy (non-hydrogen) atoms. The molecular formula is C16H23F3N2O4. The quantitative estimate of drug-likeness (QED) is 0.728. The van der Waals surface area contributed by atoms with Crippen LogP contribution in [0.1, 0.15) is 12.5 Å². The Morgan fingerprint density at radius 3 is 2.24 bits per heavy atom. The second-order valence-electron chi connectivity index (χ2n) is 5.05. The van der Waals surface area contributed by atoms with Gasteiger partial charge in [-0.2, -0.15) is 13.2 Å². The zero-order valence-corrected chi connectivity index (χ0v) is 14.5. The molecule has 142 valence electrons. The molecule has 0 saturated heterocycles. The number of anilines is 2. The number of nitrogens with one attached hydrogen (secondary N) is 1. The van der Waals surface area contributed by atoms with Crippen molar-refractivity contribution in [2.45, 2.75) is 13.1 Å². The Balaban J connectivity index is 3.21. The first-order chi connectivity index (χ1) is 11.8. The van der Waals surface area contributed by atoms with Crippen LogP contribution in [0.4, 0.5) is 29.3 Å². The van der Waals surface area contributed by atoms with Crippen molar-refractivity contribution in [3.63, 3.8) is 0 Å². The van der Waals surface area contributed by atoms with Crippen molar-refractivity contribution >= 4 is 17.5 Å². The highest BCUT2D eigenvalue weighted by atomic mass is 19.4. The van der Waals surface area contributed by atoms with Gasteiger partial charge in [-0.05, 0) is 25.1 Å². The molecule has 0 aliphatic carbocycles. The van der Waals surface area contributed by atoms with Gasteiger partial charge in [0.2, 0.25) is 0 Å². The van der Waals surface area contributed by atoms with Gasteiger partial charge in [-0.3, -0.25) is 5.32 Å². The van der Waals surface area contributed by atoms with E-state index in [-0.39, 0.29) is 12.3 Å². The van der Waals surface area contributed by atoms with E-state index in [2.05, 4.69) is 5.32 Å². The van der Waals surface area contributed by atoms with Crippen molar-refractivity contribution in [2.75, 3.05) is 57.3 Å². The molecule has 1 aromatic rings. The smallest absolute Gasteiger partial charge is 0.416 e. The van der Waals surface area contributed by atoms with Crippen LogP contribution in [0.5, 0.6) is 0 Å². The lowest BCUT2D eigenvalue weighted by atomic mass is 10.1. The van der Waals surface area contributed by atoms with Crippen LogP contribution in [-0.4, -0.2) is 53.2 Å². The predicted octanol–water partition coefficient (Wildman–Crippen LogP) is 3.37. The zero-order chi connectivity index (χ0) is 18.9. The number of nitrogens with zero attached hydrogens (tertiary/aromatic N) is 1. The number of hydrogen-bond donors (Lipinski definition) is 1. The monoisotopic (exact) mass is 364 g/mol. The molecule has 0 spiro atoms. The molecule has 0 aromatic heterocycles. The van der Waals surface area contributed by atoms with Crippen molar-refractivity contribution in [2.24, 2.45) is 0 Å². The minimum atomic E-state index is -4.52. The van der Waals surface area contributed by atoms with Crippen LogP contribution in [0.15, 0.2) is 18.2 Å². The summed E-state index contributed by atoms with van der Waals surface area (Å²) < 4.78 is 53.8. The molecule has 0 unspecified atom stereocenters. The summed E-state index contributed by atoms with van der Waals surface area (Å²) in [6.07, 6.45) is -5.34. The third-order valence-electron chi connectivity index (χ3n) is 3.31. The Bertz CT molecular complexity index is 545. The average Bonchev–Trinajstić information content (AvgIpc) is 2.55. The molecule has 0 heterocycles. The normalized spacial score (nSPS) is 11.3. The van der Waals surface area contributed by atoms with E-state index in [0.717, 1.165) is 12.1 Å². The predicted molar refractivity (Wildman–Crippen MR) is 88.1 cm³/mol. The van der Waals surface area contributed by atoms with Gasteiger partial charge in [-0.25, -0.2) is 4.79 Å². The molecule has 0 saturated carbocycles. The van der Waals surface area contributed by atoms with Crippen LogP contribution < -0.4 is 10.2 Å². The Kier molecular flexibility index (Phi) is 8.50. The molecule has 1 amide bonds. The van der Waals surface area contributed by atoms with E-state index >= 15 is 0 Å². The molecule has 0 bridgehead atoms. The van der Waals surface area contributed by atoms with Gasteiger partial charge in [0, 0.05) is 27.3 Å². The molecule has 9 heteroatoms. The average molecular weight is 364 g/mol. The van der Waals surface area contributed by atoms with E-state index in [1.165, 1.54) is 20.3 Å². The molecule has 0 aliphatic heterocycles. The maximum absolute atomic E-state index is 13.0. The number of amides is 1. The molecular weight excluding hydrogens is 341 g/mol. The van der Waals surface area contributed by atoms with E-state index in [1.54, 1.807) is 11.8 Å². The van der Waals surface area contributed by atoms with Gasteiger partial charge in [0.25, 0.3) is 0 Å². The summed E-state index contributed by atoms with van der Waals surface area (Å²) in [5.74, 6) is 0. The fourth-order valence-corrected chi connectivity index (χ4v) is 2.12. The molecule has 1 rings (SSSR count). The molecule has 0 aliphatic rings. The first-order valence-electron chi connectivity index (χ1n) is 7.71. The fraction of sp³-hybridized carbons (Fsp3) is 0.562. The van der Waals surface area contributed by atoms with Gasteiger partial charge in [-0.1, -0.05) is 0 Å².